The number of anilines is 2. The molecule has 2 N–H and O–H groups in total. The summed E-state index contributed by atoms with van der Waals surface area (Å²) in [5.74, 6) is 0. The van der Waals surface area contributed by atoms with Gasteiger partial charge in [0.05, 0.1) is 11.4 Å². The van der Waals surface area contributed by atoms with Crippen molar-refractivity contribution in [3.05, 3.63) is 60.3 Å². The Kier molecular flexibility index (Phi) is 3.52. The van der Waals surface area contributed by atoms with Gasteiger partial charge in [0.2, 0.25) is 0 Å². The zero-order chi connectivity index (χ0) is 14.0. The van der Waals surface area contributed by atoms with E-state index >= 15 is 0 Å². The smallest absolute Gasteiger partial charge is 0.0644 e. The molecule has 2 rings (SSSR count). The van der Waals surface area contributed by atoms with E-state index in [1.807, 2.05) is 24.3 Å². The van der Waals surface area contributed by atoms with Gasteiger partial charge in [-0.05, 0) is 30.7 Å². The highest BCUT2D eigenvalue weighted by Gasteiger charge is 2.35. The highest BCUT2D eigenvalue weighted by molar-refractivity contribution is 5.72. The topological polar surface area (TPSA) is 29.3 Å². The first kappa shape index (κ1) is 13.5. The molecule has 0 bridgehead atoms. The molecular formula is C17H22N2. The molecule has 0 aromatic heterocycles. The number of allylic oxidation sites excluding steroid dienone is 3. The summed E-state index contributed by atoms with van der Waals surface area (Å²) < 4.78 is 0. The van der Waals surface area contributed by atoms with Crippen molar-refractivity contribution in [2.75, 3.05) is 17.2 Å². The molecule has 0 amide bonds. The standard InChI is InChI=1S/C17H22N2/c1-5-6-10-15-13(2)17(3,4)12-19(15)16-11-8-7-9-14(16)18/h5-11H,1,12,18H2,2-4H3/b10-6-. The van der Waals surface area contributed by atoms with Gasteiger partial charge in [0, 0.05) is 17.7 Å². The van der Waals surface area contributed by atoms with Crippen LogP contribution in [-0.4, -0.2) is 6.54 Å². The van der Waals surface area contributed by atoms with E-state index in [0.717, 1.165) is 17.9 Å². The van der Waals surface area contributed by atoms with Crippen molar-refractivity contribution in [1.82, 2.24) is 0 Å². The van der Waals surface area contributed by atoms with Gasteiger partial charge in [0.15, 0.2) is 0 Å². The molecule has 0 aliphatic carbocycles. The minimum Gasteiger partial charge on any atom is -0.397 e. The van der Waals surface area contributed by atoms with Crippen LogP contribution < -0.4 is 10.6 Å². The highest BCUT2D eigenvalue weighted by atomic mass is 15.2. The van der Waals surface area contributed by atoms with E-state index in [0.29, 0.717) is 0 Å². The number of nitrogens with two attached hydrogens (primary N) is 1. The Morgan fingerprint density at radius 3 is 2.63 bits per heavy atom. The second-order valence-corrected chi connectivity index (χ2v) is 5.63. The Bertz CT molecular complexity index is 550. The van der Waals surface area contributed by atoms with E-state index in [9.17, 15) is 0 Å². The van der Waals surface area contributed by atoms with Gasteiger partial charge in [-0.1, -0.05) is 44.7 Å². The molecule has 0 saturated carbocycles. The van der Waals surface area contributed by atoms with Crippen molar-refractivity contribution in [3.63, 3.8) is 0 Å². The first-order valence-electron chi connectivity index (χ1n) is 6.60. The van der Waals surface area contributed by atoms with Crippen LogP contribution in [0.3, 0.4) is 0 Å². The third-order valence-corrected chi connectivity index (χ3v) is 3.86. The summed E-state index contributed by atoms with van der Waals surface area (Å²) in [6, 6.07) is 8.02. The summed E-state index contributed by atoms with van der Waals surface area (Å²) >= 11 is 0. The van der Waals surface area contributed by atoms with Crippen LogP contribution in [-0.2, 0) is 0 Å². The molecule has 2 heteroatoms. The van der Waals surface area contributed by atoms with Crippen molar-refractivity contribution >= 4 is 11.4 Å². The van der Waals surface area contributed by atoms with Crippen molar-refractivity contribution < 1.29 is 0 Å². The first-order chi connectivity index (χ1) is 8.97. The predicted molar refractivity (Wildman–Crippen MR) is 84.0 cm³/mol. The SMILES string of the molecule is C=C/C=C\C1=C(C)C(C)(C)CN1c1ccccc1N. The Labute approximate surface area is 115 Å². The van der Waals surface area contributed by atoms with Crippen molar-refractivity contribution in [1.29, 1.82) is 0 Å². The van der Waals surface area contributed by atoms with Gasteiger partial charge in [-0.3, -0.25) is 0 Å². The summed E-state index contributed by atoms with van der Waals surface area (Å²) in [5.41, 5.74) is 10.8. The second kappa shape index (κ2) is 4.96. The van der Waals surface area contributed by atoms with E-state index in [1.165, 1.54) is 11.3 Å². The van der Waals surface area contributed by atoms with Crippen molar-refractivity contribution in [2.24, 2.45) is 5.41 Å². The third-order valence-electron chi connectivity index (χ3n) is 3.86. The normalized spacial score (nSPS) is 18.4. The maximum Gasteiger partial charge on any atom is 0.0644 e. The van der Waals surface area contributed by atoms with Crippen LogP contribution in [0.1, 0.15) is 20.8 Å². The van der Waals surface area contributed by atoms with Gasteiger partial charge in [0.1, 0.15) is 0 Å². The molecule has 1 aliphatic heterocycles. The molecule has 1 aliphatic rings. The monoisotopic (exact) mass is 254 g/mol. The quantitative estimate of drug-likeness (QED) is 0.649. The molecule has 1 aromatic rings. The van der Waals surface area contributed by atoms with Gasteiger partial charge < -0.3 is 10.6 Å². The fraction of sp³-hybridized carbons (Fsp3) is 0.294. The lowest BCUT2D eigenvalue weighted by Crippen LogP contribution is -2.25. The molecule has 0 saturated heterocycles. The molecule has 0 fully saturated rings. The van der Waals surface area contributed by atoms with E-state index in [2.05, 4.69) is 44.4 Å². The number of nitrogens with zero attached hydrogens (tertiary/aromatic N) is 1. The van der Waals surface area contributed by atoms with E-state index < -0.39 is 0 Å². The van der Waals surface area contributed by atoms with Crippen molar-refractivity contribution in [3.8, 4) is 0 Å². The third kappa shape index (κ3) is 2.43. The Balaban J connectivity index is 2.50. The van der Waals surface area contributed by atoms with E-state index in [4.69, 9.17) is 5.73 Å². The van der Waals surface area contributed by atoms with Crippen molar-refractivity contribution in [2.45, 2.75) is 20.8 Å². The number of nitrogen functional groups attached to an aromatic ring is 1. The van der Waals surface area contributed by atoms with E-state index in [-0.39, 0.29) is 5.41 Å². The van der Waals surface area contributed by atoms with E-state index in [1.54, 1.807) is 6.08 Å². The van der Waals surface area contributed by atoms with Gasteiger partial charge in [0.25, 0.3) is 0 Å². The Morgan fingerprint density at radius 2 is 2.00 bits per heavy atom. The van der Waals surface area contributed by atoms with Gasteiger partial charge in [-0.15, -0.1) is 0 Å². The largest absolute Gasteiger partial charge is 0.397 e. The van der Waals surface area contributed by atoms with Crippen LogP contribution in [0.25, 0.3) is 0 Å². The molecule has 1 heterocycles. The first-order valence-corrected chi connectivity index (χ1v) is 6.60. The maximum absolute atomic E-state index is 6.12. The molecule has 2 nitrogen and oxygen atoms in total. The van der Waals surface area contributed by atoms with Crippen LogP contribution >= 0.6 is 0 Å². The molecule has 0 spiro atoms. The Morgan fingerprint density at radius 1 is 1.32 bits per heavy atom. The second-order valence-electron chi connectivity index (χ2n) is 5.63. The number of hydrogen-bond donors (Lipinski definition) is 1. The highest BCUT2D eigenvalue weighted by Crippen LogP contribution is 2.42. The zero-order valence-electron chi connectivity index (χ0n) is 12.0. The summed E-state index contributed by atoms with van der Waals surface area (Å²) in [4.78, 5) is 2.30. The molecule has 0 unspecified atom stereocenters. The number of para-hydroxylation sites is 2. The van der Waals surface area contributed by atoms with Crippen LogP contribution in [0.2, 0.25) is 0 Å². The summed E-state index contributed by atoms with van der Waals surface area (Å²) in [5, 5.41) is 0. The number of benzene rings is 1. The number of rotatable bonds is 3. The molecule has 1 aromatic carbocycles. The molecule has 19 heavy (non-hydrogen) atoms. The lowest BCUT2D eigenvalue weighted by Gasteiger charge is -2.25. The lowest BCUT2D eigenvalue weighted by molar-refractivity contribution is 0.485. The van der Waals surface area contributed by atoms with Gasteiger partial charge >= 0.3 is 0 Å². The number of hydrogen-bond acceptors (Lipinski definition) is 2. The minimum absolute atomic E-state index is 0.156. The van der Waals surface area contributed by atoms with Crippen LogP contribution in [0.4, 0.5) is 11.4 Å². The summed E-state index contributed by atoms with van der Waals surface area (Å²) in [6.45, 7) is 11.4. The predicted octanol–water partition coefficient (Wildman–Crippen LogP) is 4.13. The maximum atomic E-state index is 6.12. The summed E-state index contributed by atoms with van der Waals surface area (Å²) in [7, 11) is 0. The van der Waals surface area contributed by atoms with Crippen LogP contribution in [0.5, 0.6) is 0 Å². The van der Waals surface area contributed by atoms with Gasteiger partial charge in [-0.2, -0.15) is 0 Å². The molecule has 0 atom stereocenters. The molecule has 0 radical (unpaired) electrons. The fourth-order valence-electron chi connectivity index (χ4n) is 2.47. The lowest BCUT2D eigenvalue weighted by atomic mass is 9.87. The zero-order valence-corrected chi connectivity index (χ0v) is 12.0. The average Bonchev–Trinajstić information content (AvgIpc) is 2.59. The Hall–Kier alpha value is -1.96. The van der Waals surface area contributed by atoms with Crippen LogP contribution in [0, 0.1) is 5.41 Å². The molecular weight excluding hydrogens is 232 g/mol. The van der Waals surface area contributed by atoms with Gasteiger partial charge in [-0.25, -0.2) is 0 Å². The summed E-state index contributed by atoms with van der Waals surface area (Å²) in [6.07, 6.45) is 5.90. The fourth-order valence-corrected chi connectivity index (χ4v) is 2.47. The van der Waals surface area contributed by atoms with Crippen LogP contribution in [0.15, 0.2) is 60.3 Å². The minimum atomic E-state index is 0.156. The average molecular weight is 254 g/mol. The molecule has 100 valence electrons.